The molecule has 0 fully saturated rings. The molecule has 24 heavy (non-hydrogen) atoms. The highest BCUT2D eigenvalue weighted by Crippen LogP contribution is 2.15. The Morgan fingerprint density at radius 3 is 2.50 bits per heavy atom. The topological polar surface area (TPSA) is 100 Å². The van der Waals surface area contributed by atoms with Crippen LogP contribution in [0.15, 0.2) is 4.99 Å². The van der Waals surface area contributed by atoms with Gasteiger partial charge in [-0.25, -0.2) is 8.42 Å². The first kappa shape index (κ1) is 23.1. The number of hydrogen-bond acceptors (Lipinski definition) is 5. The summed E-state index contributed by atoms with van der Waals surface area (Å²) in [5, 5.41) is 15.5. The first-order valence-corrected chi connectivity index (χ1v) is 10.7. The molecule has 0 radical (unpaired) electrons. The van der Waals surface area contributed by atoms with Crippen molar-refractivity contribution < 1.29 is 18.3 Å². The first-order chi connectivity index (χ1) is 11.3. The summed E-state index contributed by atoms with van der Waals surface area (Å²) in [6, 6.07) is 0. The number of guanidine groups is 1. The minimum absolute atomic E-state index is 0.0409. The average Bonchev–Trinajstić information content (AvgIpc) is 2.46. The Balaban J connectivity index is 4.21. The Hall–Kier alpha value is -0.860. The number of ether oxygens (including phenoxy) is 1. The van der Waals surface area contributed by atoms with Crippen molar-refractivity contribution in [3.8, 4) is 0 Å². The molecule has 0 aromatic heterocycles. The van der Waals surface area contributed by atoms with Crippen LogP contribution < -0.4 is 10.6 Å². The molecular formula is C16H35N3O4S. The van der Waals surface area contributed by atoms with Crippen molar-refractivity contribution in [2.24, 2.45) is 16.8 Å². The van der Waals surface area contributed by atoms with E-state index < -0.39 is 9.84 Å². The number of sulfone groups is 1. The van der Waals surface area contributed by atoms with Gasteiger partial charge < -0.3 is 20.5 Å². The summed E-state index contributed by atoms with van der Waals surface area (Å²) < 4.78 is 27.3. The number of aliphatic hydroxyl groups is 1. The van der Waals surface area contributed by atoms with Crippen molar-refractivity contribution >= 4 is 15.8 Å². The Morgan fingerprint density at radius 1 is 1.25 bits per heavy atom. The van der Waals surface area contributed by atoms with Crippen LogP contribution in [0.4, 0.5) is 0 Å². The minimum atomic E-state index is -2.97. The molecule has 0 aliphatic rings. The lowest BCUT2D eigenvalue weighted by atomic mass is 9.94. The largest absolute Gasteiger partial charge is 0.396 e. The molecule has 0 rings (SSSR count). The maximum Gasteiger partial charge on any atom is 0.191 e. The lowest BCUT2D eigenvalue weighted by Gasteiger charge is -2.17. The van der Waals surface area contributed by atoms with Crippen molar-refractivity contribution in [3.05, 3.63) is 0 Å². The van der Waals surface area contributed by atoms with E-state index in [9.17, 15) is 8.42 Å². The van der Waals surface area contributed by atoms with E-state index >= 15 is 0 Å². The smallest absolute Gasteiger partial charge is 0.191 e. The van der Waals surface area contributed by atoms with Gasteiger partial charge in [0.25, 0.3) is 0 Å². The van der Waals surface area contributed by atoms with Gasteiger partial charge in [0.1, 0.15) is 9.84 Å². The van der Waals surface area contributed by atoms with Crippen molar-refractivity contribution in [1.82, 2.24) is 10.6 Å². The van der Waals surface area contributed by atoms with Crippen LogP contribution >= 0.6 is 0 Å². The SMILES string of the molecule is CCNC(=NCC(CCO)CC(C)C)NCCOCCS(C)(=O)=O. The predicted molar refractivity (Wildman–Crippen MR) is 99.2 cm³/mol. The molecular weight excluding hydrogens is 330 g/mol. The fourth-order valence-corrected chi connectivity index (χ4v) is 2.67. The highest BCUT2D eigenvalue weighted by molar-refractivity contribution is 7.90. The third-order valence-corrected chi connectivity index (χ3v) is 4.24. The Labute approximate surface area is 147 Å². The summed E-state index contributed by atoms with van der Waals surface area (Å²) in [4.78, 5) is 4.57. The summed E-state index contributed by atoms with van der Waals surface area (Å²) in [7, 11) is -2.97. The van der Waals surface area contributed by atoms with Gasteiger partial charge in [-0.1, -0.05) is 13.8 Å². The van der Waals surface area contributed by atoms with Crippen LogP contribution in [0.25, 0.3) is 0 Å². The molecule has 3 N–H and O–H groups in total. The van der Waals surface area contributed by atoms with Crippen LogP contribution in [-0.2, 0) is 14.6 Å². The second-order valence-corrected chi connectivity index (χ2v) is 8.66. The van der Waals surface area contributed by atoms with E-state index in [2.05, 4.69) is 29.5 Å². The van der Waals surface area contributed by atoms with E-state index in [1.165, 1.54) is 6.26 Å². The summed E-state index contributed by atoms with van der Waals surface area (Å²) in [5.41, 5.74) is 0. The maximum absolute atomic E-state index is 11.0. The lowest BCUT2D eigenvalue weighted by molar-refractivity contribution is 0.154. The molecule has 0 aliphatic carbocycles. The van der Waals surface area contributed by atoms with Crippen LogP contribution in [0.5, 0.6) is 0 Å². The zero-order valence-corrected chi connectivity index (χ0v) is 16.4. The normalized spacial score (nSPS) is 14.0. The number of rotatable bonds is 13. The fourth-order valence-electron chi connectivity index (χ4n) is 2.25. The van der Waals surface area contributed by atoms with E-state index in [0.29, 0.717) is 31.5 Å². The molecule has 0 bridgehead atoms. The Bertz CT molecular complexity index is 439. The monoisotopic (exact) mass is 365 g/mol. The molecule has 8 heteroatoms. The van der Waals surface area contributed by atoms with Crippen LogP contribution in [0, 0.1) is 11.8 Å². The van der Waals surface area contributed by atoms with Gasteiger partial charge in [0, 0.05) is 32.5 Å². The summed E-state index contributed by atoms with van der Waals surface area (Å²) in [5.74, 6) is 1.71. The van der Waals surface area contributed by atoms with Gasteiger partial charge in [-0.15, -0.1) is 0 Å². The van der Waals surface area contributed by atoms with Gasteiger partial charge in [-0.2, -0.15) is 0 Å². The van der Waals surface area contributed by atoms with E-state index in [1.807, 2.05) is 6.92 Å². The van der Waals surface area contributed by atoms with Gasteiger partial charge in [-0.05, 0) is 31.6 Å². The van der Waals surface area contributed by atoms with Crippen LogP contribution in [0.3, 0.4) is 0 Å². The van der Waals surface area contributed by atoms with Crippen molar-refractivity contribution in [1.29, 1.82) is 0 Å². The summed E-state index contributed by atoms with van der Waals surface area (Å²) in [6.45, 7) is 9.15. The lowest BCUT2D eigenvalue weighted by Crippen LogP contribution is -2.39. The standard InChI is InChI=1S/C16H35N3O4S/c1-5-17-16(18-7-9-23-10-11-24(4,21)22)19-13-15(6-8-20)12-14(2)3/h14-15,20H,5-13H2,1-4H3,(H2,17,18,19). The number of hydrogen-bond donors (Lipinski definition) is 3. The second kappa shape index (κ2) is 13.4. The number of aliphatic hydroxyl groups excluding tert-OH is 1. The molecule has 0 heterocycles. The minimum Gasteiger partial charge on any atom is -0.396 e. The van der Waals surface area contributed by atoms with Gasteiger partial charge in [0.05, 0.1) is 19.0 Å². The van der Waals surface area contributed by atoms with Crippen LogP contribution in [0.1, 0.15) is 33.6 Å². The molecule has 0 spiro atoms. The van der Waals surface area contributed by atoms with E-state index in [0.717, 1.165) is 25.3 Å². The molecule has 0 aromatic carbocycles. The van der Waals surface area contributed by atoms with Crippen molar-refractivity contribution in [2.45, 2.75) is 33.6 Å². The molecule has 0 aromatic rings. The molecule has 144 valence electrons. The fraction of sp³-hybridized carbons (Fsp3) is 0.938. The van der Waals surface area contributed by atoms with Crippen LogP contribution in [0.2, 0.25) is 0 Å². The van der Waals surface area contributed by atoms with E-state index in [4.69, 9.17) is 9.84 Å². The van der Waals surface area contributed by atoms with E-state index in [1.54, 1.807) is 0 Å². The zero-order valence-electron chi connectivity index (χ0n) is 15.5. The highest BCUT2D eigenvalue weighted by Gasteiger charge is 2.10. The molecule has 0 saturated heterocycles. The third-order valence-electron chi connectivity index (χ3n) is 3.33. The summed E-state index contributed by atoms with van der Waals surface area (Å²) >= 11 is 0. The maximum atomic E-state index is 11.0. The second-order valence-electron chi connectivity index (χ2n) is 6.40. The first-order valence-electron chi connectivity index (χ1n) is 8.67. The summed E-state index contributed by atoms with van der Waals surface area (Å²) in [6.07, 6.45) is 3.00. The molecule has 0 aliphatic heterocycles. The van der Waals surface area contributed by atoms with Gasteiger partial charge in [0.2, 0.25) is 0 Å². The van der Waals surface area contributed by atoms with Gasteiger partial charge in [0.15, 0.2) is 5.96 Å². The zero-order chi connectivity index (χ0) is 18.4. The number of aliphatic imine (C=N–C) groups is 1. The molecule has 0 saturated carbocycles. The van der Waals surface area contributed by atoms with Gasteiger partial charge >= 0.3 is 0 Å². The quantitative estimate of drug-likeness (QED) is 0.252. The molecule has 1 atom stereocenters. The molecule has 0 amide bonds. The van der Waals surface area contributed by atoms with Gasteiger partial charge in [-0.3, -0.25) is 4.99 Å². The predicted octanol–water partition coefficient (Wildman–Crippen LogP) is 0.647. The number of nitrogens with one attached hydrogen (secondary N) is 2. The highest BCUT2D eigenvalue weighted by atomic mass is 32.2. The van der Waals surface area contributed by atoms with E-state index in [-0.39, 0.29) is 19.0 Å². The van der Waals surface area contributed by atoms with Crippen molar-refractivity contribution in [3.63, 3.8) is 0 Å². The third kappa shape index (κ3) is 14.7. The Kier molecular flexibility index (Phi) is 13.0. The molecule has 7 nitrogen and oxygen atoms in total. The van der Waals surface area contributed by atoms with Crippen LogP contribution in [-0.4, -0.2) is 70.9 Å². The average molecular weight is 366 g/mol. The Morgan fingerprint density at radius 2 is 1.96 bits per heavy atom. The molecule has 1 unspecified atom stereocenters. The number of nitrogens with zero attached hydrogens (tertiary/aromatic N) is 1. The van der Waals surface area contributed by atoms with Crippen molar-refractivity contribution in [2.75, 3.05) is 51.5 Å².